The van der Waals surface area contributed by atoms with Crippen LogP contribution in [0.15, 0.2) is 48.5 Å². The monoisotopic (exact) mass is 381 g/mol. The van der Waals surface area contributed by atoms with E-state index in [2.05, 4.69) is 34.1 Å². The number of ether oxygens (including phenoxy) is 2. The van der Waals surface area contributed by atoms with Crippen LogP contribution in [0.5, 0.6) is 5.75 Å². The standard InChI is InChI=1S/C22H27N3O3/c1-27-21-9-5-2-6-18(21)22(26)25-12-10-23(11-13-25)19-7-3-4-8-20(19)24-14-16-28-17-15-24/h2-9H,10-17H2,1H3. The molecule has 0 bridgehead atoms. The molecule has 0 spiro atoms. The van der Waals surface area contributed by atoms with Gasteiger partial charge in [0.05, 0.1) is 37.3 Å². The first-order valence-electron chi connectivity index (χ1n) is 9.87. The Morgan fingerprint density at radius 2 is 1.39 bits per heavy atom. The first-order chi connectivity index (χ1) is 13.8. The smallest absolute Gasteiger partial charge is 0.257 e. The lowest BCUT2D eigenvalue weighted by atomic mass is 10.1. The van der Waals surface area contributed by atoms with Crippen LogP contribution < -0.4 is 14.5 Å². The van der Waals surface area contributed by atoms with Crippen molar-refractivity contribution in [2.75, 3.05) is 69.4 Å². The molecule has 0 atom stereocenters. The van der Waals surface area contributed by atoms with Crippen LogP contribution >= 0.6 is 0 Å². The van der Waals surface area contributed by atoms with E-state index in [1.54, 1.807) is 7.11 Å². The second kappa shape index (κ2) is 8.52. The Balaban J connectivity index is 1.45. The number of carbonyl (C=O) groups is 1. The molecule has 2 aliphatic heterocycles. The highest BCUT2D eigenvalue weighted by molar-refractivity contribution is 5.97. The third-order valence-corrected chi connectivity index (χ3v) is 5.48. The molecule has 0 aliphatic carbocycles. The number of methoxy groups -OCH3 is 1. The van der Waals surface area contributed by atoms with Crippen molar-refractivity contribution in [3.05, 3.63) is 54.1 Å². The number of benzene rings is 2. The lowest BCUT2D eigenvalue weighted by Gasteiger charge is -2.39. The summed E-state index contributed by atoms with van der Waals surface area (Å²) in [5.41, 5.74) is 3.14. The predicted octanol–water partition coefficient (Wildman–Crippen LogP) is 2.49. The minimum atomic E-state index is 0.0403. The first kappa shape index (κ1) is 18.6. The van der Waals surface area contributed by atoms with Gasteiger partial charge in [0.15, 0.2) is 0 Å². The lowest BCUT2D eigenvalue weighted by molar-refractivity contribution is 0.0743. The zero-order valence-electron chi connectivity index (χ0n) is 16.3. The van der Waals surface area contributed by atoms with Crippen LogP contribution in [-0.2, 0) is 4.74 Å². The van der Waals surface area contributed by atoms with Gasteiger partial charge in [-0.05, 0) is 24.3 Å². The summed E-state index contributed by atoms with van der Waals surface area (Å²) in [6.07, 6.45) is 0. The van der Waals surface area contributed by atoms with Crippen LogP contribution in [0.1, 0.15) is 10.4 Å². The maximum Gasteiger partial charge on any atom is 0.257 e. The molecule has 0 saturated carbocycles. The van der Waals surface area contributed by atoms with Crippen molar-refractivity contribution in [1.82, 2.24) is 4.90 Å². The molecule has 4 rings (SSSR count). The van der Waals surface area contributed by atoms with Crippen LogP contribution in [0.2, 0.25) is 0 Å². The van der Waals surface area contributed by atoms with Gasteiger partial charge < -0.3 is 24.2 Å². The number of para-hydroxylation sites is 3. The number of amides is 1. The Morgan fingerprint density at radius 3 is 2.04 bits per heavy atom. The molecule has 0 aromatic heterocycles. The average molecular weight is 381 g/mol. The number of morpholine rings is 1. The van der Waals surface area contributed by atoms with E-state index in [9.17, 15) is 4.79 Å². The number of rotatable bonds is 4. The van der Waals surface area contributed by atoms with Crippen LogP contribution in [0.4, 0.5) is 11.4 Å². The highest BCUT2D eigenvalue weighted by Gasteiger charge is 2.26. The zero-order chi connectivity index (χ0) is 19.3. The van der Waals surface area contributed by atoms with Crippen LogP contribution in [0.25, 0.3) is 0 Å². The van der Waals surface area contributed by atoms with E-state index in [1.807, 2.05) is 29.2 Å². The molecular formula is C22H27N3O3. The van der Waals surface area contributed by atoms with Gasteiger partial charge >= 0.3 is 0 Å². The molecule has 0 unspecified atom stereocenters. The van der Waals surface area contributed by atoms with Gasteiger partial charge in [-0.3, -0.25) is 4.79 Å². The minimum Gasteiger partial charge on any atom is -0.496 e. The Kier molecular flexibility index (Phi) is 5.67. The fourth-order valence-electron chi connectivity index (χ4n) is 3.95. The van der Waals surface area contributed by atoms with Gasteiger partial charge in [0.1, 0.15) is 5.75 Å². The second-order valence-electron chi connectivity index (χ2n) is 7.07. The number of hydrogen-bond donors (Lipinski definition) is 0. The van der Waals surface area contributed by atoms with Gasteiger partial charge in [-0.1, -0.05) is 24.3 Å². The molecule has 148 valence electrons. The number of piperazine rings is 1. The van der Waals surface area contributed by atoms with E-state index < -0.39 is 0 Å². The third-order valence-electron chi connectivity index (χ3n) is 5.48. The first-order valence-corrected chi connectivity index (χ1v) is 9.87. The molecule has 2 aromatic carbocycles. The number of hydrogen-bond acceptors (Lipinski definition) is 5. The fraction of sp³-hybridized carbons (Fsp3) is 0.409. The molecular weight excluding hydrogens is 354 g/mol. The third kappa shape index (κ3) is 3.78. The van der Waals surface area contributed by atoms with Crippen molar-refractivity contribution < 1.29 is 14.3 Å². The number of nitrogens with zero attached hydrogens (tertiary/aromatic N) is 3. The molecule has 1 amide bonds. The van der Waals surface area contributed by atoms with Crippen molar-refractivity contribution in [3.8, 4) is 5.75 Å². The molecule has 6 heteroatoms. The Bertz CT molecular complexity index is 812. The summed E-state index contributed by atoms with van der Waals surface area (Å²) in [6.45, 7) is 6.44. The summed E-state index contributed by atoms with van der Waals surface area (Å²) in [5, 5.41) is 0. The summed E-state index contributed by atoms with van der Waals surface area (Å²) >= 11 is 0. The van der Waals surface area contributed by atoms with E-state index in [0.29, 0.717) is 24.4 Å². The highest BCUT2D eigenvalue weighted by atomic mass is 16.5. The van der Waals surface area contributed by atoms with Gasteiger partial charge in [0.2, 0.25) is 0 Å². The molecule has 2 saturated heterocycles. The predicted molar refractivity (Wildman–Crippen MR) is 111 cm³/mol. The van der Waals surface area contributed by atoms with Crippen molar-refractivity contribution in [2.24, 2.45) is 0 Å². The summed E-state index contributed by atoms with van der Waals surface area (Å²) in [7, 11) is 1.60. The van der Waals surface area contributed by atoms with Gasteiger partial charge in [0.25, 0.3) is 5.91 Å². The van der Waals surface area contributed by atoms with Crippen molar-refractivity contribution in [1.29, 1.82) is 0 Å². The number of carbonyl (C=O) groups excluding carboxylic acids is 1. The van der Waals surface area contributed by atoms with Crippen molar-refractivity contribution in [3.63, 3.8) is 0 Å². The molecule has 2 fully saturated rings. The summed E-state index contributed by atoms with van der Waals surface area (Å²) in [6, 6.07) is 16.0. The molecule has 0 radical (unpaired) electrons. The van der Waals surface area contributed by atoms with E-state index in [0.717, 1.165) is 39.4 Å². The largest absolute Gasteiger partial charge is 0.496 e. The van der Waals surface area contributed by atoms with Gasteiger partial charge in [0, 0.05) is 39.3 Å². The van der Waals surface area contributed by atoms with Crippen molar-refractivity contribution >= 4 is 17.3 Å². The average Bonchev–Trinajstić information content (AvgIpc) is 2.79. The molecule has 6 nitrogen and oxygen atoms in total. The summed E-state index contributed by atoms with van der Waals surface area (Å²) in [5.74, 6) is 0.672. The maximum absolute atomic E-state index is 12.9. The van der Waals surface area contributed by atoms with Gasteiger partial charge in [-0.15, -0.1) is 0 Å². The Hall–Kier alpha value is -2.73. The van der Waals surface area contributed by atoms with E-state index in [1.165, 1.54) is 11.4 Å². The molecule has 0 N–H and O–H groups in total. The van der Waals surface area contributed by atoms with Crippen LogP contribution in [-0.4, -0.2) is 70.4 Å². The topological polar surface area (TPSA) is 45.2 Å². The number of anilines is 2. The quantitative estimate of drug-likeness (QED) is 0.814. The molecule has 2 aromatic rings. The Morgan fingerprint density at radius 1 is 0.821 bits per heavy atom. The van der Waals surface area contributed by atoms with E-state index >= 15 is 0 Å². The molecule has 28 heavy (non-hydrogen) atoms. The van der Waals surface area contributed by atoms with Gasteiger partial charge in [-0.25, -0.2) is 0 Å². The maximum atomic E-state index is 12.9. The Labute approximate surface area is 166 Å². The summed E-state index contributed by atoms with van der Waals surface area (Å²) < 4.78 is 10.9. The SMILES string of the molecule is COc1ccccc1C(=O)N1CCN(c2ccccc2N2CCOCC2)CC1. The van der Waals surface area contributed by atoms with Crippen LogP contribution in [0.3, 0.4) is 0 Å². The fourth-order valence-corrected chi connectivity index (χ4v) is 3.95. The summed E-state index contributed by atoms with van der Waals surface area (Å²) in [4.78, 5) is 19.6. The second-order valence-corrected chi connectivity index (χ2v) is 7.07. The normalized spacial score (nSPS) is 17.5. The van der Waals surface area contributed by atoms with Crippen LogP contribution in [0, 0.1) is 0 Å². The molecule has 2 aliphatic rings. The zero-order valence-corrected chi connectivity index (χ0v) is 16.3. The van der Waals surface area contributed by atoms with E-state index in [-0.39, 0.29) is 5.91 Å². The van der Waals surface area contributed by atoms with Gasteiger partial charge in [-0.2, -0.15) is 0 Å². The van der Waals surface area contributed by atoms with Crippen molar-refractivity contribution in [2.45, 2.75) is 0 Å². The minimum absolute atomic E-state index is 0.0403. The molecule has 2 heterocycles. The highest BCUT2D eigenvalue weighted by Crippen LogP contribution is 2.31. The van der Waals surface area contributed by atoms with E-state index in [4.69, 9.17) is 9.47 Å². The lowest BCUT2D eigenvalue weighted by Crippen LogP contribution is -2.49.